The molecule has 7 nitrogen and oxygen atoms in total. The van der Waals surface area contributed by atoms with E-state index in [4.69, 9.17) is 9.47 Å². The van der Waals surface area contributed by atoms with Crippen molar-refractivity contribution in [2.45, 2.75) is 49.1 Å². The van der Waals surface area contributed by atoms with E-state index in [2.05, 4.69) is 10.0 Å². The van der Waals surface area contributed by atoms with Gasteiger partial charge in [-0.2, -0.15) is 16.5 Å². The summed E-state index contributed by atoms with van der Waals surface area (Å²) in [5, 5.41) is 2.99. The maximum atomic E-state index is 12.8. The predicted octanol–water partition coefficient (Wildman–Crippen LogP) is 1.92. The number of nitrogens with one attached hydrogen (secondary N) is 2. The number of carbonyl (C=O) groups excluding carboxylic acids is 1. The fraction of sp³-hybridized carbons (Fsp3) is 0.611. The molecule has 1 atom stereocenters. The van der Waals surface area contributed by atoms with Crippen LogP contribution in [0.4, 0.5) is 0 Å². The molecule has 0 aromatic heterocycles. The maximum absolute atomic E-state index is 12.8. The molecule has 1 aromatic rings. The Bertz CT molecular complexity index is 763. The summed E-state index contributed by atoms with van der Waals surface area (Å²) in [5.74, 6) is 1.36. The molecule has 2 N–H and O–H groups in total. The van der Waals surface area contributed by atoms with Gasteiger partial charge >= 0.3 is 0 Å². The lowest BCUT2D eigenvalue weighted by molar-refractivity contribution is -0.123. The first-order valence-corrected chi connectivity index (χ1v) is 12.1. The molecule has 1 unspecified atom stereocenters. The first kappa shape index (κ1) is 20.3. The number of thioether (sulfide) groups is 1. The van der Waals surface area contributed by atoms with Crippen LogP contribution in [-0.4, -0.2) is 51.6 Å². The van der Waals surface area contributed by atoms with Crippen molar-refractivity contribution in [3.05, 3.63) is 18.2 Å². The van der Waals surface area contributed by atoms with Gasteiger partial charge in [-0.1, -0.05) is 12.8 Å². The Morgan fingerprint density at radius 1 is 1.22 bits per heavy atom. The molecule has 150 valence electrons. The second-order valence-corrected chi connectivity index (χ2v) is 9.45. The van der Waals surface area contributed by atoms with Crippen LogP contribution in [0, 0.1) is 0 Å². The zero-order valence-corrected chi connectivity index (χ0v) is 17.0. The lowest BCUT2D eigenvalue weighted by Gasteiger charge is -2.22. The van der Waals surface area contributed by atoms with Crippen LogP contribution in [0.3, 0.4) is 0 Å². The van der Waals surface area contributed by atoms with Crippen molar-refractivity contribution in [3.8, 4) is 11.5 Å². The highest BCUT2D eigenvalue weighted by Crippen LogP contribution is 2.32. The maximum Gasteiger partial charge on any atom is 0.241 e. The monoisotopic (exact) mass is 414 g/mol. The van der Waals surface area contributed by atoms with Crippen LogP contribution in [0.15, 0.2) is 23.1 Å². The van der Waals surface area contributed by atoms with Crippen molar-refractivity contribution in [1.82, 2.24) is 10.0 Å². The van der Waals surface area contributed by atoms with E-state index < -0.39 is 16.1 Å². The number of sulfonamides is 1. The number of ether oxygens (including phenoxy) is 2. The van der Waals surface area contributed by atoms with Gasteiger partial charge in [0.25, 0.3) is 0 Å². The van der Waals surface area contributed by atoms with E-state index in [1.165, 1.54) is 12.1 Å². The van der Waals surface area contributed by atoms with Crippen LogP contribution in [0.2, 0.25) is 0 Å². The average Bonchev–Trinajstić information content (AvgIpc) is 3.17. The SMILES string of the molecule is CSCCC(NS(=O)(=O)c1ccc2c(c1)OCCO2)C(=O)NC1CCCC1. The number of rotatable bonds is 8. The highest BCUT2D eigenvalue weighted by Gasteiger charge is 2.28. The molecule has 1 aliphatic heterocycles. The molecular weight excluding hydrogens is 388 g/mol. The first-order chi connectivity index (χ1) is 13.0. The van der Waals surface area contributed by atoms with Gasteiger partial charge in [0.05, 0.1) is 4.90 Å². The third-order valence-corrected chi connectivity index (χ3v) is 6.86. The summed E-state index contributed by atoms with van der Waals surface area (Å²) in [6.45, 7) is 0.819. The number of fused-ring (bicyclic) bond motifs is 1. The van der Waals surface area contributed by atoms with Gasteiger partial charge in [0.2, 0.25) is 15.9 Å². The van der Waals surface area contributed by atoms with E-state index in [0.717, 1.165) is 25.7 Å². The summed E-state index contributed by atoms with van der Waals surface area (Å²) < 4.78 is 39.1. The number of hydrogen-bond acceptors (Lipinski definition) is 6. The van der Waals surface area contributed by atoms with E-state index in [9.17, 15) is 13.2 Å². The summed E-state index contributed by atoms with van der Waals surface area (Å²) in [6, 6.07) is 3.84. The quantitative estimate of drug-likeness (QED) is 0.675. The number of benzene rings is 1. The molecule has 0 saturated heterocycles. The Balaban J connectivity index is 1.73. The van der Waals surface area contributed by atoms with Gasteiger partial charge in [0, 0.05) is 12.1 Å². The molecule has 0 radical (unpaired) electrons. The fourth-order valence-corrected chi connectivity index (χ4v) is 5.01. The van der Waals surface area contributed by atoms with Gasteiger partial charge in [-0.25, -0.2) is 8.42 Å². The van der Waals surface area contributed by atoms with E-state index in [1.807, 2.05) is 6.26 Å². The minimum Gasteiger partial charge on any atom is -0.486 e. The van der Waals surface area contributed by atoms with Crippen molar-refractivity contribution < 1.29 is 22.7 Å². The summed E-state index contributed by atoms with van der Waals surface area (Å²) in [4.78, 5) is 12.7. The second-order valence-electron chi connectivity index (χ2n) is 6.75. The Kier molecular flexibility index (Phi) is 6.88. The van der Waals surface area contributed by atoms with Gasteiger partial charge in [0.1, 0.15) is 19.3 Å². The lowest BCUT2D eigenvalue weighted by atomic mass is 10.2. The van der Waals surface area contributed by atoms with Crippen LogP contribution in [0.5, 0.6) is 11.5 Å². The van der Waals surface area contributed by atoms with Crippen LogP contribution in [0.25, 0.3) is 0 Å². The van der Waals surface area contributed by atoms with E-state index in [-0.39, 0.29) is 16.8 Å². The summed E-state index contributed by atoms with van der Waals surface area (Å²) in [6.07, 6.45) is 6.48. The van der Waals surface area contributed by atoms with Crippen molar-refractivity contribution >= 4 is 27.7 Å². The van der Waals surface area contributed by atoms with Gasteiger partial charge in [-0.3, -0.25) is 4.79 Å². The first-order valence-electron chi connectivity index (χ1n) is 9.21. The predicted molar refractivity (Wildman–Crippen MR) is 105 cm³/mol. The molecule has 1 aliphatic carbocycles. The number of hydrogen-bond donors (Lipinski definition) is 2. The van der Waals surface area contributed by atoms with E-state index in [0.29, 0.717) is 36.9 Å². The molecule has 2 aliphatic rings. The molecule has 9 heteroatoms. The van der Waals surface area contributed by atoms with Crippen LogP contribution < -0.4 is 19.5 Å². The molecule has 1 heterocycles. The van der Waals surface area contributed by atoms with Gasteiger partial charge < -0.3 is 14.8 Å². The van der Waals surface area contributed by atoms with Gasteiger partial charge in [0.15, 0.2) is 11.5 Å². The molecule has 1 amide bonds. The standard InChI is InChI=1S/C18H26N2O5S2/c1-26-11-8-15(18(21)19-13-4-2-3-5-13)20-27(22,23)14-6-7-16-17(12-14)25-10-9-24-16/h6-7,12-13,15,20H,2-5,8-11H2,1H3,(H,19,21). The van der Waals surface area contributed by atoms with Gasteiger partial charge in [-0.15, -0.1) is 0 Å². The van der Waals surface area contributed by atoms with Crippen molar-refractivity contribution in [1.29, 1.82) is 0 Å². The van der Waals surface area contributed by atoms with E-state index in [1.54, 1.807) is 17.8 Å². The van der Waals surface area contributed by atoms with Crippen LogP contribution >= 0.6 is 11.8 Å². The normalized spacial score (nSPS) is 18.3. The van der Waals surface area contributed by atoms with Crippen molar-refractivity contribution in [3.63, 3.8) is 0 Å². The Labute approximate surface area is 164 Å². The topological polar surface area (TPSA) is 93.7 Å². The third kappa shape index (κ3) is 5.30. The fourth-order valence-electron chi connectivity index (χ4n) is 3.30. The highest BCUT2D eigenvalue weighted by molar-refractivity contribution is 7.98. The van der Waals surface area contributed by atoms with Crippen molar-refractivity contribution in [2.24, 2.45) is 0 Å². The number of carbonyl (C=O) groups is 1. The Morgan fingerprint density at radius 2 is 1.93 bits per heavy atom. The molecule has 1 fully saturated rings. The summed E-state index contributed by atoms with van der Waals surface area (Å²) in [5.41, 5.74) is 0. The minimum absolute atomic E-state index is 0.0644. The molecule has 1 saturated carbocycles. The van der Waals surface area contributed by atoms with Crippen LogP contribution in [-0.2, 0) is 14.8 Å². The molecular formula is C18H26N2O5S2. The zero-order chi connectivity index (χ0) is 19.3. The molecule has 3 rings (SSSR count). The third-order valence-electron chi connectivity index (χ3n) is 4.75. The average molecular weight is 415 g/mol. The molecule has 0 bridgehead atoms. The van der Waals surface area contributed by atoms with E-state index >= 15 is 0 Å². The van der Waals surface area contributed by atoms with Crippen molar-refractivity contribution in [2.75, 3.05) is 25.2 Å². The lowest BCUT2D eigenvalue weighted by Crippen LogP contribution is -2.49. The summed E-state index contributed by atoms with van der Waals surface area (Å²) in [7, 11) is -3.86. The number of amides is 1. The smallest absolute Gasteiger partial charge is 0.241 e. The van der Waals surface area contributed by atoms with Crippen LogP contribution in [0.1, 0.15) is 32.1 Å². The summed E-state index contributed by atoms with van der Waals surface area (Å²) >= 11 is 1.58. The molecule has 1 aromatic carbocycles. The highest BCUT2D eigenvalue weighted by atomic mass is 32.2. The largest absolute Gasteiger partial charge is 0.486 e. The Hall–Kier alpha value is -1.45. The Morgan fingerprint density at radius 3 is 2.63 bits per heavy atom. The zero-order valence-electron chi connectivity index (χ0n) is 15.4. The molecule has 0 spiro atoms. The minimum atomic E-state index is -3.86. The van der Waals surface area contributed by atoms with Gasteiger partial charge in [-0.05, 0) is 43.4 Å². The second kappa shape index (κ2) is 9.16. The molecule has 27 heavy (non-hydrogen) atoms.